The van der Waals surface area contributed by atoms with Gasteiger partial charge in [0.25, 0.3) is 0 Å². The van der Waals surface area contributed by atoms with Crippen LogP contribution in [0.4, 0.5) is 11.4 Å². The lowest BCUT2D eigenvalue weighted by atomic mass is 10.2. The molecular formula is C15H17N3O2S2. The average molecular weight is 335 g/mol. The second kappa shape index (κ2) is 7.42. The van der Waals surface area contributed by atoms with E-state index in [4.69, 9.17) is 0 Å². The summed E-state index contributed by atoms with van der Waals surface area (Å²) in [7, 11) is 0. The number of anilines is 2. The van der Waals surface area contributed by atoms with E-state index in [-0.39, 0.29) is 17.1 Å². The molecule has 0 fully saturated rings. The van der Waals surface area contributed by atoms with Crippen LogP contribution in [0.1, 0.15) is 19.5 Å². The van der Waals surface area contributed by atoms with Gasteiger partial charge in [-0.05, 0) is 38.1 Å². The summed E-state index contributed by atoms with van der Waals surface area (Å²) < 4.78 is 0.890. The monoisotopic (exact) mass is 335 g/mol. The number of hydrogen-bond acceptors (Lipinski definition) is 5. The van der Waals surface area contributed by atoms with Crippen LogP contribution >= 0.6 is 23.1 Å². The number of aromatic nitrogens is 1. The normalized spacial score (nSPS) is 11.8. The number of nitrogens with zero attached hydrogens (tertiary/aromatic N) is 1. The molecule has 1 heterocycles. The molecule has 0 bridgehead atoms. The summed E-state index contributed by atoms with van der Waals surface area (Å²) in [5.41, 5.74) is 2.36. The molecule has 22 heavy (non-hydrogen) atoms. The molecule has 116 valence electrons. The number of aryl methyl sites for hydroxylation is 1. The van der Waals surface area contributed by atoms with Gasteiger partial charge in [0.1, 0.15) is 0 Å². The quantitative estimate of drug-likeness (QED) is 0.820. The van der Waals surface area contributed by atoms with Crippen LogP contribution in [0, 0.1) is 6.92 Å². The van der Waals surface area contributed by atoms with E-state index >= 15 is 0 Å². The van der Waals surface area contributed by atoms with Crippen molar-refractivity contribution in [3.63, 3.8) is 0 Å². The van der Waals surface area contributed by atoms with Crippen LogP contribution in [-0.2, 0) is 9.59 Å². The van der Waals surface area contributed by atoms with Gasteiger partial charge in [-0.25, -0.2) is 4.98 Å². The van der Waals surface area contributed by atoms with Gasteiger partial charge in [0.2, 0.25) is 11.8 Å². The Kier molecular flexibility index (Phi) is 5.57. The highest BCUT2D eigenvalue weighted by Gasteiger charge is 2.16. The number of carbonyl (C=O) groups excluding carboxylic acids is 2. The molecule has 0 aliphatic rings. The molecule has 2 rings (SSSR count). The summed E-state index contributed by atoms with van der Waals surface area (Å²) in [5.74, 6) is -0.203. The zero-order chi connectivity index (χ0) is 16.1. The third kappa shape index (κ3) is 4.85. The van der Waals surface area contributed by atoms with E-state index in [1.165, 1.54) is 18.7 Å². The molecule has 0 aliphatic carbocycles. The number of benzene rings is 1. The first-order chi connectivity index (χ1) is 10.4. The fraction of sp³-hybridized carbons (Fsp3) is 0.267. The van der Waals surface area contributed by atoms with Crippen LogP contribution in [0.3, 0.4) is 0 Å². The predicted octanol–water partition coefficient (Wildman–Crippen LogP) is 3.53. The second-order valence-electron chi connectivity index (χ2n) is 4.76. The van der Waals surface area contributed by atoms with Crippen molar-refractivity contribution < 1.29 is 9.59 Å². The van der Waals surface area contributed by atoms with Gasteiger partial charge in [-0.1, -0.05) is 11.8 Å². The van der Waals surface area contributed by atoms with Crippen molar-refractivity contribution in [1.29, 1.82) is 0 Å². The fourth-order valence-corrected chi connectivity index (χ4v) is 3.66. The Hall–Kier alpha value is -1.86. The van der Waals surface area contributed by atoms with E-state index in [1.54, 1.807) is 35.6 Å². The van der Waals surface area contributed by atoms with E-state index in [0.717, 1.165) is 10.0 Å². The van der Waals surface area contributed by atoms with Crippen molar-refractivity contribution in [2.45, 2.75) is 30.4 Å². The third-order valence-corrected chi connectivity index (χ3v) is 4.91. The van der Waals surface area contributed by atoms with E-state index in [1.807, 2.05) is 19.2 Å². The largest absolute Gasteiger partial charge is 0.326 e. The van der Waals surface area contributed by atoms with Crippen LogP contribution in [0.5, 0.6) is 0 Å². The summed E-state index contributed by atoms with van der Waals surface area (Å²) in [6.45, 7) is 5.24. The number of thioether (sulfide) groups is 1. The molecule has 2 amide bonds. The Balaban J connectivity index is 1.91. The van der Waals surface area contributed by atoms with E-state index < -0.39 is 0 Å². The zero-order valence-corrected chi connectivity index (χ0v) is 14.2. The minimum atomic E-state index is -0.236. The molecule has 0 spiro atoms. The Morgan fingerprint density at radius 1 is 1.18 bits per heavy atom. The first-order valence-corrected chi connectivity index (χ1v) is 8.47. The van der Waals surface area contributed by atoms with Crippen LogP contribution in [-0.4, -0.2) is 22.0 Å². The van der Waals surface area contributed by atoms with E-state index in [2.05, 4.69) is 15.6 Å². The summed E-state index contributed by atoms with van der Waals surface area (Å²) >= 11 is 2.98. The molecule has 0 unspecified atom stereocenters. The lowest BCUT2D eigenvalue weighted by Crippen LogP contribution is -2.22. The molecule has 1 aromatic carbocycles. The number of hydrogen-bond donors (Lipinski definition) is 2. The van der Waals surface area contributed by atoms with Gasteiger partial charge in [-0.2, -0.15) is 0 Å². The van der Waals surface area contributed by atoms with Crippen molar-refractivity contribution in [2.75, 3.05) is 10.6 Å². The lowest BCUT2D eigenvalue weighted by molar-refractivity contribution is -0.115. The molecule has 0 saturated heterocycles. The molecule has 0 radical (unpaired) electrons. The molecule has 5 nitrogen and oxygen atoms in total. The molecule has 2 aromatic rings. The third-order valence-electron chi connectivity index (χ3n) is 2.72. The highest BCUT2D eigenvalue weighted by Crippen LogP contribution is 2.27. The van der Waals surface area contributed by atoms with Crippen molar-refractivity contribution in [3.05, 3.63) is 35.3 Å². The predicted molar refractivity (Wildman–Crippen MR) is 91.5 cm³/mol. The molecule has 1 atom stereocenters. The molecule has 2 N–H and O–H groups in total. The van der Waals surface area contributed by atoms with Gasteiger partial charge in [0, 0.05) is 29.4 Å². The van der Waals surface area contributed by atoms with Crippen molar-refractivity contribution >= 4 is 46.3 Å². The minimum Gasteiger partial charge on any atom is -0.326 e. The Bertz CT molecular complexity index is 668. The number of amides is 2. The SMILES string of the molecule is CC(=O)Nc1ccc(NC(=O)[C@H](C)Sc2nc(C)cs2)cc1. The summed E-state index contributed by atoms with van der Waals surface area (Å²) in [6.07, 6.45) is 0. The van der Waals surface area contributed by atoms with E-state index in [9.17, 15) is 9.59 Å². The Morgan fingerprint density at radius 2 is 1.77 bits per heavy atom. The number of nitrogens with one attached hydrogen (secondary N) is 2. The first-order valence-electron chi connectivity index (χ1n) is 6.71. The van der Waals surface area contributed by atoms with Gasteiger partial charge in [-0.15, -0.1) is 11.3 Å². The smallest absolute Gasteiger partial charge is 0.237 e. The maximum atomic E-state index is 12.2. The molecule has 1 aromatic heterocycles. The van der Waals surface area contributed by atoms with Crippen LogP contribution < -0.4 is 10.6 Å². The minimum absolute atomic E-state index is 0.0786. The summed E-state index contributed by atoms with van der Waals surface area (Å²) in [5, 5.41) is 7.26. The zero-order valence-electron chi connectivity index (χ0n) is 12.5. The maximum absolute atomic E-state index is 12.2. The van der Waals surface area contributed by atoms with Crippen LogP contribution in [0.15, 0.2) is 34.0 Å². The Labute approximate surface area is 137 Å². The first kappa shape index (κ1) is 16.5. The van der Waals surface area contributed by atoms with Gasteiger partial charge < -0.3 is 10.6 Å². The van der Waals surface area contributed by atoms with Gasteiger partial charge in [0.05, 0.1) is 5.25 Å². The summed E-state index contributed by atoms with van der Waals surface area (Å²) in [6, 6.07) is 7.01. The van der Waals surface area contributed by atoms with Gasteiger partial charge in [0.15, 0.2) is 4.34 Å². The Morgan fingerprint density at radius 3 is 2.27 bits per heavy atom. The molecule has 0 aliphatic heterocycles. The molecular weight excluding hydrogens is 318 g/mol. The summed E-state index contributed by atoms with van der Waals surface area (Å²) in [4.78, 5) is 27.5. The van der Waals surface area contributed by atoms with E-state index in [0.29, 0.717) is 11.4 Å². The van der Waals surface area contributed by atoms with Gasteiger partial charge >= 0.3 is 0 Å². The highest BCUT2D eigenvalue weighted by atomic mass is 32.2. The topological polar surface area (TPSA) is 71.1 Å². The van der Waals surface area contributed by atoms with Crippen molar-refractivity contribution in [1.82, 2.24) is 4.98 Å². The lowest BCUT2D eigenvalue weighted by Gasteiger charge is -2.11. The second-order valence-corrected chi connectivity index (χ2v) is 7.21. The standard InChI is InChI=1S/C15H17N3O2S2/c1-9-8-21-15(16-9)22-10(2)14(20)18-13-6-4-12(5-7-13)17-11(3)19/h4-8,10H,1-3H3,(H,17,19)(H,18,20)/t10-/m0/s1. The number of thiazole rings is 1. The molecule has 0 saturated carbocycles. The number of rotatable bonds is 5. The van der Waals surface area contributed by atoms with Crippen molar-refractivity contribution in [2.24, 2.45) is 0 Å². The van der Waals surface area contributed by atoms with Crippen molar-refractivity contribution in [3.8, 4) is 0 Å². The van der Waals surface area contributed by atoms with Gasteiger partial charge in [-0.3, -0.25) is 9.59 Å². The van der Waals surface area contributed by atoms with Crippen LogP contribution in [0.25, 0.3) is 0 Å². The highest BCUT2D eigenvalue weighted by molar-refractivity contribution is 8.02. The number of carbonyl (C=O) groups is 2. The maximum Gasteiger partial charge on any atom is 0.237 e. The fourth-order valence-electron chi connectivity index (χ4n) is 1.68. The van der Waals surface area contributed by atoms with Crippen LogP contribution in [0.2, 0.25) is 0 Å². The average Bonchev–Trinajstić information content (AvgIpc) is 2.85. The molecule has 7 heteroatoms.